The van der Waals surface area contributed by atoms with Gasteiger partial charge in [0.05, 0.1) is 6.10 Å². The van der Waals surface area contributed by atoms with Crippen molar-refractivity contribution in [1.82, 2.24) is 4.90 Å². The van der Waals surface area contributed by atoms with E-state index in [0.29, 0.717) is 6.73 Å². The van der Waals surface area contributed by atoms with Crippen LogP contribution in [0.25, 0.3) is 0 Å². The van der Waals surface area contributed by atoms with Gasteiger partial charge in [0.2, 0.25) is 0 Å². The Hall–Kier alpha value is -1.64. The monoisotopic (exact) mass is 239 g/mol. The highest BCUT2D eigenvalue weighted by Crippen LogP contribution is 2.25. The van der Waals surface area contributed by atoms with Crippen molar-refractivity contribution in [3.05, 3.63) is 71.8 Å². The molecular weight excluding hydrogens is 222 g/mol. The van der Waals surface area contributed by atoms with Gasteiger partial charge in [-0.2, -0.15) is 0 Å². The molecule has 92 valence electrons. The molecule has 1 atom stereocenters. The molecule has 2 aromatic carbocycles. The van der Waals surface area contributed by atoms with Crippen molar-refractivity contribution in [1.29, 1.82) is 0 Å². The van der Waals surface area contributed by atoms with Crippen LogP contribution in [0.4, 0.5) is 0 Å². The summed E-state index contributed by atoms with van der Waals surface area (Å²) in [6, 6.07) is 21.0. The predicted octanol–water partition coefficient (Wildman–Crippen LogP) is 3.22. The highest BCUT2D eigenvalue weighted by molar-refractivity contribution is 5.19. The van der Waals surface area contributed by atoms with E-state index >= 15 is 0 Å². The van der Waals surface area contributed by atoms with E-state index in [-0.39, 0.29) is 6.10 Å². The Morgan fingerprint density at radius 2 is 1.61 bits per heavy atom. The Kier molecular flexibility index (Phi) is 3.40. The molecule has 1 aliphatic rings. The van der Waals surface area contributed by atoms with Gasteiger partial charge in [0.1, 0.15) is 6.73 Å². The lowest BCUT2D eigenvalue weighted by Crippen LogP contribution is -2.19. The largest absolute Gasteiger partial charge is 0.357 e. The lowest BCUT2D eigenvalue weighted by molar-refractivity contribution is 0.0880. The molecule has 2 nitrogen and oxygen atoms in total. The molecule has 2 heteroatoms. The average Bonchev–Trinajstić information content (AvgIpc) is 2.89. The van der Waals surface area contributed by atoms with Crippen molar-refractivity contribution in [2.24, 2.45) is 0 Å². The van der Waals surface area contributed by atoms with E-state index < -0.39 is 0 Å². The summed E-state index contributed by atoms with van der Waals surface area (Å²) in [7, 11) is 0. The average molecular weight is 239 g/mol. The summed E-state index contributed by atoms with van der Waals surface area (Å²) in [6.45, 7) is 2.65. The molecule has 0 N–H and O–H groups in total. The zero-order valence-electron chi connectivity index (χ0n) is 10.3. The fourth-order valence-corrected chi connectivity index (χ4v) is 2.36. The first-order valence-corrected chi connectivity index (χ1v) is 6.34. The maximum atomic E-state index is 5.85. The molecule has 1 saturated heterocycles. The minimum absolute atomic E-state index is 0.218. The van der Waals surface area contributed by atoms with Crippen molar-refractivity contribution < 1.29 is 4.74 Å². The summed E-state index contributed by atoms with van der Waals surface area (Å²) in [4.78, 5) is 2.34. The molecular formula is C16H17NO. The fraction of sp³-hybridized carbons (Fsp3) is 0.250. The van der Waals surface area contributed by atoms with Crippen LogP contribution in [-0.4, -0.2) is 18.2 Å². The van der Waals surface area contributed by atoms with Crippen molar-refractivity contribution in [3.8, 4) is 0 Å². The third-order valence-electron chi connectivity index (χ3n) is 3.30. The second-order valence-electron chi connectivity index (χ2n) is 4.69. The molecule has 1 fully saturated rings. The Morgan fingerprint density at radius 3 is 2.33 bits per heavy atom. The smallest absolute Gasteiger partial charge is 0.100 e. The van der Waals surface area contributed by atoms with E-state index in [1.54, 1.807) is 0 Å². The normalized spacial score (nSPS) is 20.1. The third kappa shape index (κ3) is 2.61. The number of hydrogen-bond donors (Lipinski definition) is 0. The van der Waals surface area contributed by atoms with Crippen LogP contribution in [0.2, 0.25) is 0 Å². The topological polar surface area (TPSA) is 12.5 Å². The van der Waals surface area contributed by atoms with Gasteiger partial charge in [-0.1, -0.05) is 60.7 Å². The van der Waals surface area contributed by atoms with Crippen molar-refractivity contribution in [2.75, 3.05) is 13.3 Å². The summed E-state index contributed by atoms with van der Waals surface area (Å²) in [5.41, 5.74) is 2.61. The molecule has 0 radical (unpaired) electrons. The Bertz CT molecular complexity index is 483. The highest BCUT2D eigenvalue weighted by atomic mass is 16.5. The SMILES string of the molecule is c1ccc(CN2CO[C@@H](c3ccccc3)C2)cc1. The fourth-order valence-electron chi connectivity index (χ4n) is 2.36. The minimum atomic E-state index is 0.218. The van der Waals surface area contributed by atoms with Crippen LogP contribution in [0.1, 0.15) is 17.2 Å². The Balaban J connectivity index is 1.62. The van der Waals surface area contributed by atoms with Crippen molar-refractivity contribution in [2.45, 2.75) is 12.6 Å². The van der Waals surface area contributed by atoms with Crippen LogP contribution in [0.5, 0.6) is 0 Å². The summed E-state index contributed by atoms with van der Waals surface area (Å²) in [5.74, 6) is 0. The zero-order valence-corrected chi connectivity index (χ0v) is 10.3. The zero-order chi connectivity index (χ0) is 12.2. The number of hydrogen-bond acceptors (Lipinski definition) is 2. The van der Waals surface area contributed by atoms with Crippen LogP contribution in [-0.2, 0) is 11.3 Å². The van der Waals surface area contributed by atoms with E-state index in [4.69, 9.17) is 4.74 Å². The quantitative estimate of drug-likeness (QED) is 0.815. The summed E-state index contributed by atoms with van der Waals surface area (Å²) >= 11 is 0. The number of nitrogens with zero attached hydrogens (tertiary/aromatic N) is 1. The first-order valence-electron chi connectivity index (χ1n) is 6.34. The Morgan fingerprint density at radius 1 is 0.944 bits per heavy atom. The third-order valence-corrected chi connectivity index (χ3v) is 3.30. The van der Waals surface area contributed by atoms with Crippen molar-refractivity contribution in [3.63, 3.8) is 0 Å². The maximum absolute atomic E-state index is 5.85. The summed E-state index contributed by atoms with van der Waals surface area (Å²) < 4.78 is 5.85. The minimum Gasteiger partial charge on any atom is -0.357 e. The van der Waals surface area contributed by atoms with Crippen LogP contribution in [0.3, 0.4) is 0 Å². The van der Waals surface area contributed by atoms with Gasteiger partial charge in [0.15, 0.2) is 0 Å². The second-order valence-corrected chi connectivity index (χ2v) is 4.69. The van der Waals surface area contributed by atoms with Crippen LogP contribution < -0.4 is 0 Å². The molecule has 2 aromatic rings. The number of rotatable bonds is 3. The summed E-state index contributed by atoms with van der Waals surface area (Å²) in [5, 5.41) is 0. The Labute approximate surface area is 108 Å². The molecule has 1 aliphatic heterocycles. The van der Waals surface area contributed by atoms with E-state index in [1.807, 2.05) is 6.07 Å². The van der Waals surface area contributed by atoms with E-state index in [0.717, 1.165) is 13.1 Å². The van der Waals surface area contributed by atoms with Gasteiger partial charge in [-0.15, -0.1) is 0 Å². The molecule has 0 bridgehead atoms. The van der Waals surface area contributed by atoms with Gasteiger partial charge >= 0.3 is 0 Å². The predicted molar refractivity (Wildman–Crippen MR) is 72.0 cm³/mol. The second kappa shape index (κ2) is 5.34. The van der Waals surface area contributed by atoms with E-state index in [1.165, 1.54) is 11.1 Å². The number of benzene rings is 2. The van der Waals surface area contributed by atoms with Crippen molar-refractivity contribution >= 4 is 0 Å². The first kappa shape index (κ1) is 11.5. The van der Waals surface area contributed by atoms with E-state index in [9.17, 15) is 0 Å². The molecule has 0 amide bonds. The lowest BCUT2D eigenvalue weighted by atomic mass is 10.1. The molecule has 0 saturated carbocycles. The van der Waals surface area contributed by atoms with Gasteiger partial charge in [0.25, 0.3) is 0 Å². The molecule has 0 aliphatic carbocycles. The van der Waals surface area contributed by atoms with Crippen LogP contribution in [0.15, 0.2) is 60.7 Å². The molecule has 0 unspecified atom stereocenters. The van der Waals surface area contributed by atoms with Gasteiger partial charge in [-0.05, 0) is 11.1 Å². The molecule has 3 rings (SSSR count). The number of ether oxygens (including phenoxy) is 1. The summed E-state index contributed by atoms with van der Waals surface area (Å²) in [6.07, 6.45) is 0.218. The lowest BCUT2D eigenvalue weighted by Gasteiger charge is -2.13. The molecule has 0 aromatic heterocycles. The molecule has 18 heavy (non-hydrogen) atoms. The van der Waals surface area contributed by atoms with E-state index in [2.05, 4.69) is 59.5 Å². The van der Waals surface area contributed by atoms with Gasteiger partial charge in [0, 0.05) is 13.1 Å². The molecule has 0 spiro atoms. The van der Waals surface area contributed by atoms with Crippen LogP contribution in [0, 0.1) is 0 Å². The van der Waals surface area contributed by atoms with Crippen LogP contribution >= 0.6 is 0 Å². The highest BCUT2D eigenvalue weighted by Gasteiger charge is 2.24. The standard InChI is InChI=1S/C16H17NO/c1-3-7-14(8-4-1)11-17-12-16(18-13-17)15-9-5-2-6-10-15/h1-10,16H,11-13H2/t16-/m1/s1. The van der Waals surface area contributed by atoms with Gasteiger partial charge in [-0.3, -0.25) is 4.90 Å². The maximum Gasteiger partial charge on any atom is 0.100 e. The van der Waals surface area contributed by atoms with Gasteiger partial charge < -0.3 is 4.74 Å². The van der Waals surface area contributed by atoms with Gasteiger partial charge in [-0.25, -0.2) is 0 Å². The molecule has 1 heterocycles. The first-order chi connectivity index (χ1) is 8.92.